The van der Waals surface area contributed by atoms with Crippen molar-refractivity contribution in [2.45, 2.75) is 44.3 Å². The van der Waals surface area contributed by atoms with E-state index >= 15 is 0 Å². The summed E-state index contributed by atoms with van der Waals surface area (Å²) in [4.78, 5) is 15.2. The zero-order valence-electron chi connectivity index (χ0n) is 13.9. The van der Waals surface area contributed by atoms with Gasteiger partial charge in [0.2, 0.25) is 5.91 Å². The zero-order chi connectivity index (χ0) is 16.4. The topological polar surface area (TPSA) is 32.3 Å². The van der Waals surface area contributed by atoms with E-state index in [1.807, 2.05) is 6.07 Å². The first-order valence-corrected chi connectivity index (χ1v) is 8.97. The van der Waals surface area contributed by atoms with Crippen LogP contribution in [0.25, 0.3) is 0 Å². The maximum Gasteiger partial charge on any atom is 0.237 e. The molecule has 1 aliphatic heterocycles. The van der Waals surface area contributed by atoms with Crippen LogP contribution >= 0.6 is 0 Å². The number of carbonyl (C=O) groups is 1. The molecule has 2 aromatic rings. The number of nitrogens with zero attached hydrogens (tertiary/aromatic N) is 1. The molecule has 3 heteroatoms. The van der Waals surface area contributed by atoms with E-state index in [1.165, 1.54) is 16.7 Å². The van der Waals surface area contributed by atoms with Gasteiger partial charge < -0.3 is 5.32 Å². The van der Waals surface area contributed by atoms with Crippen molar-refractivity contribution in [3.8, 4) is 0 Å². The van der Waals surface area contributed by atoms with Crippen LogP contribution in [0.1, 0.15) is 42.0 Å². The molecule has 3 nitrogen and oxygen atoms in total. The number of hydrogen-bond donors (Lipinski definition) is 1. The summed E-state index contributed by atoms with van der Waals surface area (Å²) in [7, 11) is 0. The summed E-state index contributed by atoms with van der Waals surface area (Å²) in [6.45, 7) is 1.87. The lowest BCUT2D eigenvalue weighted by Gasteiger charge is -2.25. The number of aryl methyl sites for hydroxylation is 1. The van der Waals surface area contributed by atoms with Gasteiger partial charge in [-0.25, -0.2) is 0 Å². The number of hydrogen-bond acceptors (Lipinski definition) is 2. The Kier molecular flexibility index (Phi) is 4.35. The van der Waals surface area contributed by atoms with Gasteiger partial charge in [0.25, 0.3) is 0 Å². The molecule has 24 heavy (non-hydrogen) atoms. The second-order valence-electron chi connectivity index (χ2n) is 6.91. The van der Waals surface area contributed by atoms with Gasteiger partial charge in [-0.15, -0.1) is 0 Å². The van der Waals surface area contributed by atoms with Crippen LogP contribution in [0.3, 0.4) is 0 Å². The monoisotopic (exact) mass is 320 g/mol. The van der Waals surface area contributed by atoms with Crippen LogP contribution in [0.15, 0.2) is 54.6 Å². The van der Waals surface area contributed by atoms with Crippen LogP contribution in [0.4, 0.5) is 0 Å². The van der Waals surface area contributed by atoms with Crippen molar-refractivity contribution < 1.29 is 4.79 Å². The van der Waals surface area contributed by atoms with Crippen molar-refractivity contribution in [2.75, 3.05) is 6.54 Å². The molecular formula is C21H24N2O. The number of rotatable bonds is 4. The van der Waals surface area contributed by atoms with Gasteiger partial charge in [0.05, 0.1) is 12.1 Å². The van der Waals surface area contributed by atoms with Crippen LogP contribution in [0.5, 0.6) is 0 Å². The largest absolute Gasteiger partial charge is 0.348 e. The molecule has 1 heterocycles. The third kappa shape index (κ3) is 3.09. The summed E-state index contributed by atoms with van der Waals surface area (Å²) in [5.41, 5.74) is 3.97. The van der Waals surface area contributed by atoms with Crippen molar-refractivity contribution >= 4 is 5.91 Å². The van der Waals surface area contributed by atoms with Gasteiger partial charge in [-0.1, -0.05) is 54.6 Å². The molecule has 1 amide bonds. The maximum absolute atomic E-state index is 12.9. The van der Waals surface area contributed by atoms with E-state index in [4.69, 9.17) is 0 Å². The molecular weight excluding hydrogens is 296 g/mol. The molecule has 0 saturated carbocycles. The summed E-state index contributed by atoms with van der Waals surface area (Å²) in [6, 6.07) is 19.1. The molecule has 0 unspecified atom stereocenters. The molecule has 0 spiro atoms. The van der Waals surface area contributed by atoms with Gasteiger partial charge in [0.1, 0.15) is 0 Å². The van der Waals surface area contributed by atoms with Crippen LogP contribution in [0.2, 0.25) is 0 Å². The normalized spacial score (nSPS) is 23.2. The Balaban J connectivity index is 1.42. The van der Waals surface area contributed by atoms with Gasteiger partial charge >= 0.3 is 0 Å². The fraction of sp³-hybridized carbons (Fsp3) is 0.381. The standard InChI is InChI=1S/C21H24N2O/c24-21(22-19-13-12-17-9-4-5-10-18(17)19)20-11-6-14-23(20)15-16-7-2-1-3-8-16/h1-5,7-10,19-20H,6,11-15H2,(H,22,24)/t19-,20-/m1/s1. The molecule has 124 valence electrons. The molecule has 1 fully saturated rings. The molecule has 2 atom stereocenters. The highest BCUT2D eigenvalue weighted by atomic mass is 16.2. The fourth-order valence-corrected chi connectivity index (χ4v) is 4.11. The molecule has 2 aromatic carbocycles. The van der Waals surface area contributed by atoms with Gasteiger partial charge in [-0.3, -0.25) is 9.69 Å². The number of carbonyl (C=O) groups excluding carboxylic acids is 1. The summed E-state index contributed by atoms with van der Waals surface area (Å²) in [5, 5.41) is 3.31. The highest BCUT2D eigenvalue weighted by Crippen LogP contribution is 2.31. The smallest absolute Gasteiger partial charge is 0.237 e. The van der Waals surface area contributed by atoms with E-state index in [9.17, 15) is 4.79 Å². The Labute approximate surface area is 143 Å². The van der Waals surface area contributed by atoms with Crippen LogP contribution in [0, 0.1) is 0 Å². The van der Waals surface area contributed by atoms with Crippen molar-refractivity contribution in [3.05, 3.63) is 71.3 Å². The van der Waals surface area contributed by atoms with Crippen LogP contribution in [-0.2, 0) is 17.8 Å². The van der Waals surface area contributed by atoms with E-state index in [1.54, 1.807) is 0 Å². The van der Waals surface area contributed by atoms with Crippen molar-refractivity contribution in [2.24, 2.45) is 0 Å². The average Bonchev–Trinajstić information content (AvgIpc) is 3.23. The highest BCUT2D eigenvalue weighted by molar-refractivity contribution is 5.82. The third-order valence-corrected chi connectivity index (χ3v) is 5.34. The second kappa shape index (κ2) is 6.78. The predicted molar refractivity (Wildman–Crippen MR) is 95.5 cm³/mol. The molecule has 0 aromatic heterocycles. The number of fused-ring (bicyclic) bond motifs is 1. The SMILES string of the molecule is O=C(N[C@@H]1CCc2ccccc21)[C@H]1CCCN1Cc1ccccc1. The van der Waals surface area contributed by atoms with Gasteiger partial charge in [0, 0.05) is 6.54 Å². The number of likely N-dealkylation sites (tertiary alicyclic amines) is 1. The number of benzene rings is 2. The first-order valence-electron chi connectivity index (χ1n) is 8.97. The lowest BCUT2D eigenvalue weighted by Crippen LogP contribution is -2.43. The third-order valence-electron chi connectivity index (χ3n) is 5.34. The molecule has 0 bridgehead atoms. The molecule has 1 aliphatic carbocycles. The number of amides is 1. The highest BCUT2D eigenvalue weighted by Gasteiger charge is 2.33. The van der Waals surface area contributed by atoms with Gasteiger partial charge in [0.15, 0.2) is 0 Å². The van der Waals surface area contributed by atoms with Crippen molar-refractivity contribution in [1.82, 2.24) is 10.2 Å². The molecule has 2 aliphatic rings. The van der Waals surface area contributed by atoms with E-state index in [0.717, 1.165) is 38.8 Å². The summed E-state index contributed by atoms with van der Waals surface area (Å²) < 4.78 is 0. The minimum Gasteiger partial charge on any atom is -0.348 e. The Hall–Kier alpha value is -2.13. The predicted octanol–water partition coefficient (Wildman–Crippen LogP) is 3.45. The van der Waals surface area contributed by atoms with Crippen molar-refractivity contribution in [1.29, 1.82) is 0 Å². The molecule has 0 radical (unpaired) electrons. The Morgan fingerprint density at radius 1 is 1.04 bits per heavy atom. The quantitative estimate of drug-likeness (QED) is 0.936. The summed E-state index contributed by atoms with van der Waals surface area (Å²) >= 11 is 0. The molecule has 4 rings (SSSR count). The molecule has 1 N–H and O–H groups in total. The average molecular weight is 320 g/mol. The van der Waals surface area contributed by atoms with E-state index < -0.39 is 0 Å². The lowest BCUT2D eigenvalue weighted by molar-refractivity contribution is -0.126. The number of nitrogens with one attached hydrogen (secondary N) is 1. The minimum absolute atomic E-state index is 0.0120. The van der Waals surface area contributed by atoms with Gasteiger partial charge in [-0.2, -0.15) is 0 Å². The first-order chi connectivity index (χ1) is 11.8. The first kappa shape index (κ1) is 15.4. The van der Waals surface area contributed by atoms with Crippen molar-refractivity contribution in [3.63, 3.8) is 0 Å². The fourth-order valence-electron chi connectivity index (χ4n) is 4.11. The van der Waals surface area contributed by atoms with E-state index in [0.29, 0.717) is 0 Å². The maximum atomic E-state index is 12.9. The summed E-state index contributed by atoms with van der Waals surface area (Å²) in [5.74, 6) is 0.199. The molecule has 1 saturated heterocycles. The van der Waals surface area contributed by atoms with Crippen LogP contribution < -0.4 is 5.32 Å². The zero-order valence-corrected chi connectivity index (χ0v) is 13.9. The van der Waals surface area contributed by atoms with Crippen LogP contribution in [-0.4, -0.2) is 23.4 Å². The summed E-state index contributed by atoms with van der Waals surface area (Å²) in [6.07, 6.45) is 4.16. The van der Waals surface area contributed by atoms with Gasteiger partial charge in [-0.05, 0) is 48.9 Å². The minimum atomic E-state index is 0.0120. The van der Waals surface area contributed by atoms with E-state index in [-0.39, 0.29) is 18.0 Å². The van der Waals surface area contributed by atoms with E-state index in [2.05, 4.69) is 58.7 Å². The second-order valence-corrected chi connectivity index (χ2v) is 6.91. The Morgan fingerprint density at radius 2 is 1.83 bits per heavy atom. The lowest BCUT2D eigenvalue weighted by atomic mass is 10.1. The Bertz CT molecular complexity index is 713. The Morgan fingerprint density at radius 3 is 2.71 bits per heavy atom.